The molecule has 0 bridgehead atoms. The van der Waals surface area contributed by atoms with Crippen molar-refractivity contribution in [3.8, 4) is 0 Å². The number of nitrogens with one attached hydrogen (secondary N) is 1. The average molecular weight is 593 g/mol. The summed E-state index contributed by atoms with van der Waals surface area (Å²) >= 11 is 3.62. The van der Waals surface area contributed by atoms with Crippen molar-refractivity contribution in [2.24, 2.45) is 0 Å². The highest BCUT2D eigenvalue weighted by Gasteiger charge is 2.37. The summed E-state index contributed by atoms with van der Waals surface area (Å²) < 4.78 is 86.3. The summed E-state index contributed by atoms with van der Waals surface area (Å²) in [5.74, 6) is 0. The fourth-order valence-electron chi connectivity index (χ4n) is 5.06. The van der Waals surface area contributed by atoms with Crippen molar-refractivity contribution in [3.63, 3.8) is 0 Å². The number of carbonyl (C=O) groups is 1. The van der Waals surface area contributed by atoms with E-state index in [2.05, 4.69) is 21.2 Å². The monoisotopic (exact) mass is 592 g/mol. The molecule has 2 aromatic rings. The normalized spacial score (nSPS) is 18.0. The first-order valence-electron chi connectivity index (χ1n) is 12.1. The summed E-state index contributed by atoms with van der Waals surface area (Å²) in [5.41, 5.74) is 0.827. The van der Waals surface area contributed by atoms with E-state index in [9.17, 15) is 31.1 Å². The van der Waals surface area contributed by atoms with Crippen molar-refractivity contribution in [2.45, 2.75) is 77.0 Å². The van der Waals surface area contributed by atoms with Crippen LogP contribution < -0.4 is 10.2 Å². The molecule has 0 saturated heterocycles. The van der Waals surface area contributed by atoms with Gasteiger partial charge in [0.05, 0.1) is 22.9 Å². The Kier molecular flexibility index (Phi) is 7.86. The smallest absolute Gasteiger partial charge is 0.416 e. The third kappa shape index (κ3) is 6.08. The van der Waals surface area contributed by atoms with Crippen LogP contribution in [0.3, 0.4) is 0 Å². The number of carbonyl (C=O) groups excluding carboxylic acids is 1. The molecule has 202 valence electrons. The van der Waals surface area contributed by atoms with Crippen LogP contribution in [0.4, 0.5) is 36.8 Å². The molecule has 4 rings (SSSR count). The highest BCUT2D eigenvalue weighted by Crippen LogP contribution is 2.44. The van der Waals surface area contributed by atoms with Crippen LogP contribution in [0.1, 0.15) is 72.5 Å². The fourth-order valence-corrected chi connectivity index (χ4v) is 5.75. The Labute approximate surface area is 219 Å². The first kappa shape index (κ1) is 27.8. The van der Waals surface area contributed by atoms with Crippen molar-refractivity contribution in [3.05, 3.63) is 62.1 Å². The van der Waals surface area contributed by atoms with E-state index in [1.165, 1.54) is 0 Å². The number of benzene rings is 2. The molecule has 1 amide bonds. The predicted molar refractivity (Wildman–Crippen MR) is 130 cm³/mol. The van der Waals surface area contributed by atoms with E-state index in [0.29, 0.717) is 19.4 Å². The quantitative estimate of drug-likeness (QED) is 0.366. The van der Waals surface area contributed by atoms with Crippen LogP contribution in [0.2, 0.25) is 0 Å². The van der Waals surface area contributed by atoms with Crippen LogP contribution in [-0.4, -0.2) is 18.7 Å². The molecule has 0 unspecified atom stereocenters. The molecule has 4 nitrogen and oxygen atoms in total. The first-order chi connectivity index (χ1) is 17.3. The Balaban J connectivity index is 1.70. The topological polar surface area (TPSA) is 41.6 Å². The molecule has 1 aliphatic heterocycles. The van der Waals surface area contributed by atoms with Crippen LogP contribution in [0.5, 0.6) is 0 Å². The van der Waals surface area contributed by atoms with Gasteiger partial charge in [-0.25, -0.2) is 4.79 Å². The molecule has 1 N–H and O–H groups in total. The number of fused-ring (bicyclic) bond motifs is 3. The van der Waals surface area contributed by atoms with Crippen LogP contribution in [0.25, 0.3) is 0 Å². The van der Waals surface area contributed by atoms with Crippen molar-refractivity contribution < 1.29 is 35.9 Å². The van der Waals surface area contributed by atoms with Gasteiger partial charge in [-0.1, -0.05) is 15.9 Å². The Morgan fingerprint density at radius 1 is 1.03 bits per heavy atom. The molecule has 2 aliphatic rings. The second kappa shape index (κ2) is 10.5. The van der Waals surface area contributed by atoms with Crippen LogP contribution in [0, 0.1) is 0 Å². The summed E-state index contributed by atoms with van der Waals surface area (Å²) in [4.78, 5) is 14.6. The SMILES string of the molecule is CC(C)OC(=O)N1CCC[C@H](NCc2cc(C(F)(F)F)cc(C(F)(F)F)c2)c2cc(Br)c3c(c21)CCC3. The van der Waals surface area contributed by atoms with Crippen LogP contribution >= 0.6 is 15.9 Å². The lowest BCUT2D eigenvalue weighted by molar-refractivity contribution is -0.143. The second-order valence-corrected chi connectivity index (χ2v) is 10.5. The summed E-state index contributed by atoms with van der Waals surface area (Å²) in [6, 6.07) is 3.13. The van der Waals surface area contributed by atoms with E-state index in [1.54, 1.807) is 18.7 Å². The standard InChI is InChI=1S/C26H27BrF6N2O2/c1-14(2)37-24(36)35-8-4-7-22(20-12-21(27)18-5-3-6-19(18)23(20)35)34-13-15-9-16(25(28,29)30)11-17(10-15)26(31,32)33/h9-12,14,22,34H,3-8,13H2,1-2H3/t22-/m0/s1. The van der Waals surface area contributed by atoms with Crippen LogP contribution in [0.15, 0.2) is 28.7 Å². The number of nitrogens with zero attached hydrogens (tertiary/aromatic N) is 1. The molecular formula is C26H27BrF6N2O2. The molecule has 1 atom stereocenters. The average Bonchev–Trinajstić information content (AvgIpc) is 3.21. The maximum absolute atomic E-state index is 13.3. The fraction of sp³-hybridized carbons (Fsp3) is 0.500. The molecule has 0 spiro atoms. The first-order valence-corrected chi connectivity index (χ1v) is 12.9. The molecule has 37 heavy (non-hydrogen) atoms. The van der Waals surface area contributed by atoms with Gasteiger partial charge in [-0.3, -0.25) is 4.90 Å². The van der Waals surface area contributed by atoms with E-state index in [0.717, 1.165) is 58.2 Å². The van der Waals surface area contributed by atoms with Gasteiger partial charge in [-0.2, -0.15) is 26.3 Å². The van der Waals surface area contributed by atoms with Gasteiger partial charge in [0.2, 0.25) is 0 Å². The highest BCUT2D eigenvalue weighted by molar-refractivity contribution is 9.10. The molecular weight excluding hydrogens is 566 g/mol. The van der Waals surface area contributed by atoms with Gasteiger partial charge in [0.15, 0.2) is 0 Å². The maximum Gasteiger partial charge on any atom is 0.416 e. The Hall–Kier alpha value is -2.27. The third-order valence-corrected chi connectivity index (χ3v) is 7.33. The lowest BCUT2D eigenvalue weighted by Gasteiger charge is -2.28. The van der Waals surface area contributed by atoms with Gasteiger partial charge in [0.1, 0.15) is 0 Å². The van der Waals surface area contributed by atoms with Crippen LogP contribution in [-0.2, 0) is 36.5 Å². The number of rotatable bonds is 4. The van der Waals surface area contributed by atoms with Crippen molar-refractivity contribution in [2.75, 3.05) is 11.4 Å². The molecule has 0 fully saturated rings. The molecule has 1 aliphatic carbocycles. The molecule has 0 aromatic heterocycles. The number of amides is 1. The van der Waals surface area contributed by atoms with Gasteiger partial charge < -0.3 is 10.1 Å². The number of hydrogen-bond donors (Lipinski definition) is 1. The summed E-state index contributed by atoms with van der Waals surface area (Å²) in [5, 5.41) is 3.18. The minimum absolute atomic E-state index is 0.121. The lowest BCUT2D eigenvalue weighted by atomic mass is 9.95. The summed E-state index contributed by atoms with van der Waals surface area (Å²) in [6.07, 6.45) is -6.98. The number of ether oxygens (including phenoxy) is 1. The van der Waals surface area contributed by atoms with Gasteiger partial charge in [-0.05, 0) is 92.5 Å². The Morgan fingerprint density at radius 3 is 2.24 bits per heavy atom. The Morgan fingerprint density at radius 2 is 1.65 bits per heavy atom. The zero-order valence-corrected chi connectivity index (χ0v) is 21.9. The molecule has 2 aromatic carbocycles. The Bertz CT molecular complexity index is 1150. The number of halogens is 7. The van der Waals surface area contributed by atoms with Gasteiger partial charge in [-0.15, -0.1) is 0 Å². The van der Waals surface area contributed by atoms with Crippen molar-refractivity contribution in [1.29, 1.82) is 0 Å². The number of anilines is 1. The number of alkyl halides is 6. The second-order valence-electron chi connectivity index (χ2n) is 9.68. The van der Waals surface area contributed by atoms with Gasteiger partial charge >= 0.3 is 18.4 Å². The zero-order valence-electron chi connectivity index (χ0n) is 20.3. The highest BCUT2D eigenvalue weighted by atomic mass is 79.9. The zero-order chi connectivity index (χ0) is 27.1. The maximum atomic E-state index is 13.3. The van der Waals surface area contributed by atoms with Gasteiger partial charge in [0, 0.05) is 23.6 Å². The minimum atomic E-state index is -4.91. The van der Waals surface area contributed by atoms with Crippen molar-refractivity contribution in [1.82, 2.24) is 5.32 Å². The van der Waals surface area contributed by atoms with Crippen molar-refractivity contribution >= 4 is 27.7 Å². The molecule has 0 saturated carbocycles. The third-order valence-electron chi connectivity index (χ3n) is 6.62. The molecule has 1 heterocycles. The molecule has 11 heteroatoms. The summed E-state index contributed by atoms with van der Waals surface area (Å²) in [6.45, 7) is 3.71. The molecule has 0 radical (unpaired) electrons. The minimum Gasteiger partial charge on any atom is -0.446 e. The predicted octanol–water partition coefficient (Wildman–Crippen LogP) is 7.95. The lowest BCUT2D eigenvalue weighted by Crippen LogP contribution is -2.35. The summed E-state index contributed by atoms with van der Waals surface area (Å²) in [7, 11) is 0. The number of hydrogen-bond acceptors (Lipinski definition) is 3. The van der Waals surface area contributed by atoms with E-state index in [4.69, 9.17) is 4.74 Å². The largest absolute Gasteiger partial charge is 0.446 e. The van der Waals surface area contributed by atoms with E-state index >= 15 is 0 Å². The van der Waals surface area contributed by atoms with E-state index in [-0.39, 0.29) is 24.3 Å². The van der Waals surface area contributed by atoms with Gasteiger partial charge in [0.25, 0.3) is 0 Å². The van der Waals surface area contributed by atoms with E-state index < -0.39 is 35.6 Å². The van der Waals surface area contributed by atoms with E-state index in [1.807, 2.05) is 6.07 Å².